The van der Waals surface area contributed by atoms with Gasteiger partial charge in [0.1, 0.15) is 0 Å². The van der Waals surface area contributed by atoms with E-state index in [-0.39, 0.29) is 11.8 Å². The van der Waals surface area contributed by atoms with Crippen LogP contribution in [0.2, 0.25) is 5.02 Å². The molecule has 112 valence electrons. The molecule has 1 aromatic heterocycles. The quantitative estimate of drug-likeness (QED) is 0.772. The van der Waals surface area contributed by atoms with Gasteiger partial charge in [0.05, 0.1) is 10.5 Å². The smallest absolute Gasteiger partial charge is 0.268 e. The fourth-order valence-electron chi connectivity index (χ4n) is 2.19. The lowest BCUT2D eigenvalue weighted by Crippen LogP contribution is -2.30. The van der Waals surface area contributed by atoms with Crippen LogP contribution < -0.4 is 0 Å². The summed E-state index contributed by atoms with van der Waals surface area (Å²) in [6.07, 6.45) is 0. The number of likely N-dealkylation sites (N-methyl/N-ethyl adjacent to an activating group) is 1. The monoisotopic (exact) mass is 349 g/mol. The van der Waals surface area contributed by atoms with Gasteiger partial charge in [0.25, 0.3) is 11.8 Å². The average molecular weight is 350 g/mol. The van der Waals surface area contributed by atoms with Crippen molar-refractivity contribution < 1.29 is 9.59 Å². The van der Waals surface area contributed by atoms with Crippen molar-refractivity contribution in [1.29, 1.82) is 0 Å². The van der Waals surface area contributed by atoms with Crippen LogP contribution in [0.25, 0.3) is 5.57 Å². The normalized spacial score (nSPS) is 15.1. The van der Waals surface area contributed by atoms with E-state index in [2.05, 4.69) is 0 Å². The molecule has 0 bridgehead atoms. The number of imide groups is 1. The maximum absolute atomic E-state index is 12.5. The van der Waals surface area contributed by atoms with Gasteiger partial charge >= 0.3 is 0 Å². The second-order valence-corrected chi connectivity index (χ2v) is 7.06. The van der Waals surface area contributed by atoms with Crippen LogP contribution in [0.3, 0.4) is 0 Å². The van der Waals surface area contributed by atoms with E-state index in [4.69, 9.17) is 11.6 Å². The van der Waals surface area contributed by atoms with E-state index in [0.29, 0.717) is 22.0 Å². The zero-order valence-electron chi connectivity index (χ0n) is 11.7. The van der Waals surface area contributed by atoms with E-state index >= 15 is 0 Å². The van der Waals surface area contributed by atoms with Crippen LogP contribution in [0.1, 0.15) is 11.8 Å². The molecule has 0 aliphatic carbocycles. The van der Waals surface area contributed by atoms with E-state index in [9.17, 15) is 9.59 Å². The number of hydrogen-bond acceptors (Lipinski definition) is 4. The van der Waals surface area contributed by atoms with Crippen molar-refractivity contribution in [3.8, 4) is 0 Å². The molecule has 3 nitrogen and oxygen atoms in total. The number of benzene rings is 1. The first-order valence-electron chi connectivity index (χ1n) is 6.69. The van der Waals surface area contributed by atoms with E-state index in [1.54, 1.807) is 19.1 Å². The van der Waals surface area contributed by atoms with Crippen molar-refractivity contribution in [3.63, 3.8) is 0 Å². The van der Waals surface area contributed by atoms with E-state index in [0.717, 1.165) is 9.77 Å². The van der Waals surface area contributed by atoms with Crippen molar-refractivity contribution in [3.05, 3.63) is 56.6 Å². The first kappa shape index (κ1) is 15.3. The van der Waals surface area contributed by atoms with Gasteiger partial charge in [-0.15, -0.1) is 11.3 Å². The Bertz CT molecular complexity index is 751. The predicted molar refractivity (Wildman–Crippen MR) is 90.9 cm³/mol. The molecular weight excluding hydrogens is 338 g/mol. The predicted octanol–water partition coefficient (Wildman–Crippen LogP) is 4.29. The van der Waals surface area contributed by atoms with Gasteiger partial charge in [0.15, 0.2) is 0 Å². The summed E-state index contributed by atoms with van der Waals surface area (Å²) in [5, 5.41) is 2.54. The molecular formula is C16H12ClNO2S2. The van der Waals surface area contributed by atoms with Crippen LogP contribution in [0.4, 0.5) is 0 Å². The fourth-order valence-corrected chi connectivity index (χ4v) is 4.16. The minimum absolute atomic E-state index is 0.216. The van der Waals surface area contributed by atoms with Gasteiger partial charge in [-0.1, -0.05) is 29.4 Å². The lowest BCUT2D eigenvalue weighted by Gasteiger charge is -2.11. The van der Waals surface area contributed by atoms with Gasteiger partial charge in [-0.25, -0.2) is 0 Å². The summed E-state index contributed by atoms with van der Waals surface area (Å²) in [7, 11) is 0. The van der Waals surface area contributed by atoms with Crippen LogP contribution in [-0.2, 0) is 9.59 Å². The summed E-state index contributed by atoms with van der Waals surface area (Å²) in [6, 6.07) is 11.0. The van der Waals surface area contributed by atoms with Gasteiger partial charge in [-0.3, -0.25) is 14.5 Å². The molecule has 0 spiro atoms. The maximum Gasteiger partial charge on any atom is 0.268 e. The summed E-state index contributed by atoms with van der Waals surface area (Å²) < 4.78 is 0. The SMILES string of the molecule is CCN1C(=O)C(Sc2ccc(Cl)cc2)=C(c2cccs2)C1=O. The van der Waals surface area contributed by atoms with Crippen molar-refractivity contribution in [2.45, 2.75) is 11.8 Å². The van der Waals surface area contributed by atoms with Gasteiger partial charge in [-0.2, -0.15) is 0 Å². The van der Waals surface area contributed by atoms with Gasteiger partial charge < -0.3 is 0 Å². The highest BCUT2D eigenvalue weighted by Crippen LogP contribution is 2.40. The van der Waals surface area contributed by atoms with Crippen molar-refractivity contribution in [2.75, 3.05) is 6.54 Å². The van der Waals surface area contributed by atoms with Crippen LogP contribution in [0.15, 0.2) is 51.6 Å². The lowest BCUT2D eigenvalue weighted by atomic mass is 10.2. The third-order valence-electron chi connectivity index (χ3n) is 3.24. The molecule has 0 saturated carbocycles. The number of carbonyl (C=O) groups excluding carboxylic acids is 2. The highest BCUT2D eigenvalue weighted by molar-refractivity contribution is 8.04. The molecule has 1 aliphatic heterocycles. The summed E-state index contributed by atoms with van der Waals surface area (Å²) in [5.41, 5.74) is 0.502. The summed E-state index contributed by atoms with van der Waals surface area (Å²) >= 11 is 8.66. The molecule has 22 heavy (non-hydrogen) atoms. The third-order valence-corrected chi connectivity index (χ3v) is 5.47. The standard InChI is InChI=1S/C16H12ClNO2S2/c1-2-18-15(19)13(12-4-3-9-21-12)14(16(18)20)22-11-7-5-10(17)6-8-11/h3-9H,2H2,1H3. The molecule has 0 unspecified atom stereocenters. The summed E-state index contributed by atoms with van der Waals surface area (Å²) in [4.78, 5) is 28.5. The Morgan fingerprint density at radius 1 is 1.14 bits per heavy atom. The molecule has 0 fully saturated rings. The molecule has 6 heteroatoms. The van der Waals surface area contributed by atoms with Gasteiger partial charge in [0, 0.05) is 21.3 Å². The van der Waals surface area contributed by atoms with Crippen LogP contribution in [0, 0.1) is 0 Å². The average Bonchev–Trinajstić information content (AvgIpc) is 3.09. The Morgan fingerprint density at radius 3 is 2.45 bits per heavy atom. The number of hydrogen-bond donors (Lipinski definition) is 0. The molecule has 2 amide bonds. The molecule has 0 saturated heterocycles. The van der Waals surface area contributed by atoms with Crippen LogP contribution in [-0.4, -0.2) is 23.3 Å². The number of halogens is 1. The minimum Gasteiger partial charge on any atom is -0.274 e. The summed E-state index contributed by atoms with van der Waals surface area (Å²) in [6.45, 7) is 2.18. The molecule has 2 aromatic rings. The number of nitrogens with zero attached hydrogens (tertiary/aromatic N) is 1. The number of thioether (sulfide) groups is 1. The topological polar surface area (TPSA) is 37.4 Å². The first-order valence-corrected chi connectivity index (χ1v) is 8.77. The van der Waals surface area contributed by atoms with Crippen LogP contribution >= 0.6 is 34.7 Å². The second-order valence-electron chi connectivity index (χ2n) is 4.59. The second kappa shape index (κ2) is 6.28. The molecule has 0 N–H and O–H groups in total. The lowest BCUT2D eigenvalue weighted by molar-refractivity contribution is -0.136. The Balaban J connectivity index is 2.04. The van der Waals surface area contributed by atoms with Gasteiger partial charge in [-0.05, 0) is 42.6 Å². The highest BCUT2D eigenvalue weighted by Gasteiger charge is 2.38. The number of rotatable bonds is 4. The van der Waals surface area contributed by atoms with Gasteiger partial charge in [0.2, 0.25) is 0 Å². The van der Waals surface area contributed by atoms with Crippen LogP contribution in [0.5, 0.6) is 0 Å². The summed E-state index contributed by atoms with van der Waals surface area (Å²) in [5.74, 6) is -0.442. The Hall–Kier alpha value is -1.56. The molecule has 0 atom stereocenters. The van der Waals surface area contributed by atoms with Crippen molar-refractivity contribution >= 4 is 52.1 Å². The third kappa shape index (κ3) is 2.72. The maximum atomic E-state index is 12.5. The Morgan fingerprint density at radius 2 is 1.86 bits per heavy atom. The Kier molecular flexibility index (Phi) is 4.38. The minimum atomic E-state index is -0.226. The fraction of sp³-hybridized carbons (Fsp3) is 0.125. The Labute approximate surface area is 141 Å². The molecule has 3 rings (SSSR count). The molecule has 2 heterocycles. The molecule has 1 aromatic carbocycles. The zero-order chi connectivity index (χ0) is 15.7. The molecule has 1 aliphatic rings. The van der Waals surface area contributed by atoms with E-state index in [1.165, 1.54) is 28.0 Å². The highest BCUT2D eigenvalue weighted by atomic mass is 35.5. The zero-order valence-corrected chi connectivity index (χ0v) is 14.1. The number of thiophene rings is 1. The van der Waals surface area contributed by atoms with Crippen molar-refractivity contribution in [2.24, 2.45) is 0 Å². The van der Waals surface area contributed by atoms with Crippen molar-refractivity contribution in [1.82, 2.24) is 4.90 Å². The van der Waals surface area contributed by atoms with E-state index < -0.39 is 0 Å². The number of carbonyl (C=O) groups is 2. The molecule has 0 radical (unpaired) electrons. The number of amides is 2. The first-order chi connectivity index (χ1) is 10.6. The largest absolute Gasteiger partial charge is 0.274 e. The van der Waals surface area contributed by atoms with E-state index in [1.807, 2.05) is 29.6 Å².